The highest BCUT2D eigenvalue weighted by molar-refractivity contribution is 6.44. The molecule has 1 aliphatic heterocycles. The maximum Gasteiger partial charge on any atom is 0.287 e. The fourth-order valence-electron chi connectivity index (χ4n) is 3.08. The lowest BCUT2D eigenvalue weighted by atomic mass is 9.85. The minimum atomic E-state index is -2.86. The van der Waals surface area contributed by atoms with Crippen LogP contribution in [0.5, 0.6) is 0 Å². The third-order valence-electron chi connectivity index (χ3n) is 4.46. The van der Waals surface area contributed by atoms with Crippen LogP contribution in [0.4, 0.5) is 11.4 Å². The lowest BCUT2D eigenvalue weighted by molar-refractivity contribution is -0.145. The maximum atomic E-state index is 13.1. The number of ketones is 1. The van der Waals surface area contributed by atoms with Crippen molar-refractivity contribution in [3.05, 3.63) is 59.1 Å². The Morgan fingerprint density at radius 1 is 1.15 bits per heavy atom. The first-order chi connectivity index (χ1) is 12.3. The van der Waals surface area contributed by atoms with E-state index >= 15 is 0 Å². The Morgan fingerprint density at radius 3 is 2.42 bits per heavy atom. The normalized spacial score (nSPS) is 19.3. The van der Waals surface area contributed by atoms with Crippen molar-refractivity contribution < 1.29 is 19.5 Å². The van der Waals surface area contributed by atoms with Gasteiger partial charge < -0.3 is 14.9 Å². The molecule has 6 nitrogen and oxygen atoms in total. The highest BCUT2D eigenvalue weighted by atomic mass is 35.5. The number of carbonyl (C=O) groups excluding carboxylic acids is 3. The van der Waals surface area contributed by atoms with Gasteiger partial charge in [-0.2, -0.15) is 0 Å². The lowest BCUT2D eigenvalue weighted by Crippen LogP contribution is -2.65. The number of amides is 2. The average Bonchev–Trinajstić information content (AvgIpc) is 2.65. The third kappa shape index (κ3) is 2.50. The summed E-state index contributed by atoms with van der Waals surface area (Å²) in [6, 6.07) is 13.1. The van der Waals surface area contributed by atoms with E-state index in [0.717, 1.165) is 4.90 Å². The van der Waals surface area contributed by atoms with Crippen LogP contribution in [-0.2, 0) is 9.59 Å². The lowest BCUT2D eigenvalue weighted by Gasteiger charge is -2.38. The van der Waals surface area contributed by atoms with Crippen LogP contribution in [-0.4, -0.2) is 41.9 Å². The molecule has 0 bridgehead atoms. The van der Waals surface area contributed by atoms with Gasteiger partial charge in [-0.15, -0.1) is 0 Å². The number of anilines is 2. The molecule has 1 aliphatic rings. The fraction of sp³-hybridized carbons (Fsp3) is 0.211. The van der Waals surface area contributed by atoms with Gasteiger partial charge in [0.25, 0.3) is 17.4 Å². The van der Waals surface area contributed by atoms with E-state index in [1.807, 2.05) is 0 Å². The zero-order chi connectivity index (χ0) is 19.1. The van der Waals surface area contributed by atoms with Crippen molar-refractivity contribution in [1.82, 2.24) is 0 Å². The summed E-state index contributed by atoms with van der Waals surface area (Å²) in [4.78, 5) is 41.2. The number of benzene rings is 2. The Balaban J connectivity index is 2.14. The van der Waals surface area contributed by atoms with Crippen LogP contribution in [0.1, 0.15) is 17.3 Å². The number of hydrogen-bond donors (Lipinski definition) is 1. The smallest absolute Gasteiger partial charge is 0.287 e. The fourth-order valence-corrected chi connectivity index (χ4v) is 3.34. The maximum absolute atomic E-state index is 13.1. The Bertz CT molecular complexity index is 900. The number of fused-ring (bicyclic) bond motifs is 1. The molecule has 0 fully saturated rings. The molecule has 2 aromatic carbocycles. The van der Waals surface area contributed by atoms with Gasteiger partial charge in [0.1, 0.15) is 0 Å². The Hall–Kier alpha value is -2.70. The second kappa shape index (κ2) is 6.55. The van der Waals surface area contributed by atoms with Crippen molar-refractivity contribution in [2.24, 2.45) is 0 Å². The largest absolute Gasteiger partial charge is 0.366 e. The van der Waals surface area contributed by atoms with E-state index < -0.39 is 23.2 Å². The molecule has 2 aromatic rings. The van der Waals surface area contributed by atoms with Gasteiger partial charge in [-0.25, -0.2) is 0 Å². The van der Waals surface area contributed by atoms with E-state index in [0.29, 0.717) is 5.69 Å². The highest BCUT2D eigenvalue weighted by Crippen LogP contribution is 2.37. The molecule has 26 heavy (non-hydrogen) atoms. The van der Waals surface area contributed by atoms with E-state index in [-0.39, 0.29) is 22.8 Å². The van der Waals surface area contributed by atoms with Gasteiger partial charge in [0, 0.05) is 19.3 Å². The zero-order valence-electron chi connectivity index (χ0n) is 14.3. The standard InChI is InChI=1S/C19H17ClN2O4/c1-3-22(12-8-5-4-6-9-12)18(25)19(26)16(23)15-13(20)10-7-11-14(15)21(2)17(19)24/h4-11,26H,3H2,1-2H3/t19-/m1/s1. The first-order valence-electron chi connectivity index (χ1n) is 8.04. The van der Waals surface area contributed by atoms with Crippen molar-refractivity contribution in [1.29, 1.82) is 0 Å². The molecule has 0 aromatic heterocycles. The number of carbonyl (C=O) groups is 3. The number of hydrogen-bond acceptors (Lipinski definition) is 4. The monoisotopic (exact) mass is 372 g/mol. The SMILES string of the molecule is CCN(C(=O)[C@@]1(O)C(=O)c2c(Cl)cccc2N(C)C1=O)c1ccccc1. The minimum Gasteiger partial charge on any atom is -0.366 e. The van der Waals surface area contributed by atoms with Gasteiger partial charge >= 0.3 is 0 Å². The number of likely N-dealkylation sites (N-methyl/N-ethyl adjacent to an activating group) is 2. The number of halogens is 1. The molecule has 3 rings (SSSR count). The molecule has 1 atom stereocenters. The summed E-state index contributed by atoms with van der Waals surface area (Å²) in [5, 5.41) is 11.1. The van der Waals surface area contributed by atoms with Crippen LogP contribution in [0.15, 0.2) is 48.5 Å². The number of para-hydroxylation sites is 1. The summed E-state index contributed by atoms with van der Waals surface area (Å²) in [7, 11) is 1.39. The molecular weight excluding hydrogens is 356 g/mol. The predicted molar refractivity (Wildman–Crippen MR) is 98.6 cm³/mol. The second-order valence-electron chi connectivity index (χ2n) is 5.92. The first-order valence-corrected chi connectivity index (χ1v) is 8.42. The van der Waals surface area contributed by atoms with Crippen LogP contribution in [0.25, 0.3) is 0 Å². The molecular formula is C19H17ClN2O4. The summed E-state index contributed by atoms with van der Waals surface area (Å²) < 4.78 is 0. The van der Waals surface area contributed by atoms with E-state index in [1.54, 1.807) is 43.3 Å². The van der Waals surface area contributed by atoms with Crippen molar-refractivity contribution in [3.8, 4) is 0 Å². The number of aliphatic hydroxyl groups is 1. The van der Waals surface area contributed by atoms with Gasteiger partial charge in [-0.3, -0.25) is 14.4 Å². The minimum absolute atomic E-state index is 0.0452. The molecule has 2 amide bonds. The van der Waals surface area contributed by atoms with Gasteiger partial charge in [-0.1, -0.05) is 35.9 Å². The molecule has 0 unspecified atom stereocenters. The molecule has 0 radical (unpaired) electrons. The average molecular weight is 373 g/mol. The summed E-state index contributed by atoms with van der Waals surface area (Å²) >= 11 is 6.12. The van der Waals surface area contributed by atoms with Crippen LogP contribution in [0, 0.1) is 0 Å². The van der Waals surface area contributed by atoms with Gasteiger partial charge in [0.15, 0.2) is 0 Å². The van der Waals surface area contributed by atoms with Crippen LogP contribution < -0.4 is 9.80 Å². The van der Waals surface area contributed by atoms with Crippen LogP contribution in [0.3, 0.4) is 0 Å². The molecule has 7 heteroatoms. The Labute approximate surface area is 155 Å². The Morgan fingerprint density at radius 2 is 1.81 bits per heavy atom. The molecule has 0 saturated carbocycles. The van der Waals surface area contributed by atoms with E-state index in [4.69, 9.17) is 11.6 Å². The van der Waals surface area contributed by atoms with Crippen molar-refractivity contribution in [2.75, 3.05) is 23.4 Å². The molecule has 0 aliphatic carbocycles. The van der Waals surface area contributed by atoms with Gasteiger partial charge in [0.05, 0.1) is 16.3 Å². The summed E-state index contributed by atoms with van der Waals surface area (Å²) in [6.45, 7) is 1.86. The number of Topliss-reactive ketones (excluding diaryl/α,β-unsaturated/α-hetero) is 1. The van der Waals surface area contributed by atoms with E-state index in [2.05, 4.69) is 0 Å². The predicted octanol–water partition coefficient (Wildman–Crippen LogP) is 2.28. The summed E-state index contributed by atoms with van der Waals surface area (Å²) in [5.41, 5.74) is -2.18. The topological polar surface area (TPSA) is 77.9 Å². The molecule has 1 heterocycles. The highest BCUT2D eigenvalue weighted by Gasteiger charge is 2.58. The summed E-state index contributed by atoms with van der Waals surface area (Å²) in [5.74, 6) is -3.02. The molecule has 0 saturated heterocycles. The molecule has 0 spiro atoms. The van der Waals surface area contributed by atoms with E-state index in [1.165, 1.54) is 24.1 Å². The first kappa shape index (κ1) is 18.1. The van der Waals surface area contributed by atoms with Crippen molar-refractivity contribution in [2.45, 2.75) is 12.5 Å². The quantitative estimate of drug-likeness (QED) is 0.838. The van der Waals surface area contributed by atoms with E-state index in [9.17, 15) is 19.5 Å². The van der Waals surface area contributed by atoms with Crippen LogP contribution in [0.2, 0.25) is 5.02 Å². The molecule has 1 N–H and O–H groups in total. The third-order valence-corrected chi connectivity index (χ3v) is 4.78. The van der Waals surface area contributed by atoms with Gasteiger partial charge in [0.2, 0.25) is 5.78 Å². The van der Waals surface area contributed by atoms with Crippen molar-refractivity contribution >= 4 is 40.6 Å². The zero-order valence-corrected chi connectivity index (χ0v) is 15.0. The van der Waals surface area contributed by atoms with Crippen molar-refractivity contribution in [3.63, 3.8) is 0 Å². The van der Waals surface area contributed by atoms with Crippen LogP contribution >= 0.6 is 11.6 Å². The van der Waals surface area contributed by atoms with Gasteiger partial charge in [-0.05, 0) is 31.2 Å². The molecule has 134 valence electrons. The number of rotatable bonds is 3. The second-order valence-corrected chi connectivity index (χ2v) is 6.33. The Kier molecular flexibility index (Phi) is 4.56. The summed E-state index contributed by atoms with van der Waals surface area (Å²) in [6.07, 6.45) is 0. The number of nitrogens with zero attached hydrogens (tertiary/aromatic N) is 2.